The van der Waals surface area contributed by atoms with Crippen molar-refractivity contribution in [3.8, 4) is 0 Å². The number of alkyl halides is 1. The Balaban J connectivity index is 4.00. The summed E-state index contributed by atoms with van der Waals surface area (Å²) in [6.07, 6.45) is 0. The van der Waals surface area contributed by atoms with Crippen LogP contribution in [0.3, 0.4) is 0 Å². The molecule has 0 N–H and O–H groups in total. The molecular weight excluding hydrogens is 193 g/mol. The Morgan fingerprint density at radius 3 is 1.86 bits per heavy atom. The molecule has 0 aromatic heterocycles. The summed E-state index contributed by atoms with van der Waals surface area (Å²) in [4.78, 5) is 23.0. The molecule has 0 saturated carbocycles. The molecule has 0 rings (SSSR count). The van der Waals surface area contributed by atoms with E-state index in [4.69, 9.17) is 0 Å². The standard InChI is InChI=1S/C8H14FNO4/c1-13-7(11)5-10(4-3-9)6-8(12)14-2/h3-6H2,1-2H3. The Morgan fingerprint density at radius 1 is 1.14 bits per heavy atom. The van der Waals surface area contributed by atoms with Crippen molar-refractivity contribution in [3.63, 3.8) is 0 Å². The Kier molecular flexibility index (Phi) is 6.65. The average molecular weight is 207 g/mol. The van der Waals surface area contributed by atoms with Crippen molar-refractivity contribution in [1.82, 2.24) is 4.90 Å². The van der Waals surface area contributed by atoms with Gasteiger partial charge in [0.15, 0.2) is 0 Å². The molecule has 0 saturated heterocycles. The van der Waals surface area contributed by atoms with E-state index < -0.39 is 18.6 Å². The van der Waals surface area contributed by atoms with Crippen LogP contribution in [-0.4, -0.2) is 57.4 Å². The molecule has 0 aliphatic rings. The van der Waals surface area contributed by atoms with E-state index in [1.54, 1.807) is 0 Å². The van der Waals surface area contributed by atoms with Gasteiger partial charge in [-0.1, -0.05) is 0 Å². The van der Waals surface area contributed by atoms with Crippen LogP contribution in [0.5, 0.6) is 0 Å². The summed E-state index contributed by atoms with van der Waals surface area (Å²) < 4.78 is 20.8. The van der Waals surface area contributed by atoms with Gasteiger partial charge in [0.05, 0.1) is 27.3 Å². The molecule has 0 unspecified atom stereocenters. The van der Waals surface area contributed by atoms with Gasteiger partial charge in [-0.3, -0.25) is 14.5 Å². The third-order valence-electron chi connectivity index (χ3n) is 1.56. The smallest absolute Gasteiger partial charge is 0.319 e. The number of carbonyl (C=O) groups excluding carboxylic acids is 2. The van der Waals surface area contributed by atoms with Crippen LogP contribution in [-0.2, 0) is 19.1 Å². The summed E-state index contributed by atoms with van der Waals surface area (Å²) in [5, 5.41) is 0. The Hall–Kier alpha value is -1.17. The number of hydrogen-bond donors (Lipinski definition) is 0. The molecule has 0 fully saturated rings. The molecule has 82 valence electrons. The lowest BCUT2D eigenvalue weighted by atomic mass is 10.4. The number of nitrogens with zero attached hydrogens (tertiary/aromatic N) is 1. The van der Waals surface area contributed by atoms with E-state index in [0.717, 1.165) is 0 Å². The zero-order chi connectivity index (χ0) is 11.0. The summed E-state index contributed by atoms with van der Waals surface area (Å²) in [5.41, 5.74) is 0. The lowest BCUT2D eigenvalue weighted by Gasteiger charge is -2.17. The largest absolute Gasteiger partial charge is 0.468 e. The highest BCUT2D eigenvalue weighted by molar-refractivity contribution is 5.74. The van der Waals surface area contributed by atoms with Crippen LogP contribution in [0.4, 0.5) is 4.39 Å². The minimum Gasteiger partial charge on any atom is -0.468 e. The highest BCUT2D eigenvalue weighted by atomic mass is 19.1. The molecule has 0 atom stereocenters. The van der Waals surface area contributed by atoms with Crippen LogP contribution in [0, 0.1) is 0 Å². The van der Waals surface area contributed by atoms with Gasteiger partial charge in [0.1, 0.15) is 6.67 Å². The molecule has 6 heteroatoms. The van der Waals surface area contributed by atoms with E-state index in [9.17, 15) is 14.0 Å². The number of ether oxygens (including phenoxy) is 2. The van der Waals surface area contributed by atoms with Gasteiger partial charge in [-0.05, 0) is 0 Å². The summed E-state index contributed by atoms with van der Waals surface area (Å²) in [7, 11) is 2.46. The van der Waals surface area contributed by atoms with Crippen LogP contribution in [0.15, 0.2) is 0 Å². The summed E-state index contributed by atoms with van der Waals surface area (Å²) in [6, 6.07) is 0. The predicted octanol–water partition coefficient (Wildman–Crippen LogP) is -0.396. The van der Waals surface area contributed by atoms with Crippen molar-refractivity contribution in [1.29, 1.82) is 0 Å². The van der Waals surface area contributed by atoms with E-state index in [2.05, 4.69) is 9.47 Å². The van der Waals surface area contributed by atoms with E-state index in [1.165, 1.54) is 19.1 Å². The van der Waals surface area contributed by atoms with Crippen molar-refractivity contribution in [2.24, 2.45) is 0 Å². The molecule has 0 amide bonds. The normalized spacial score (nSPS) is 10.0. The molecule has 0 aromatic rings. The van der Waals surface area contributed by atoms with E-state index in [0.29, 0.717) is 0 Å². The number of carbonyl (C=O) groups is 2. The van der Waals surface area contributed by atoms with Gasteiger partial charge >= 0.3 is 11.9 Å². The van der Waals surface area contributed by atoms with Gasteiger partial charge in [0, 0.05) is 6.54 Å². The first-order valence-electron chi connectivity index (χ1n) is 4.06. The monoisotopic (exact) mass is 207 g/mol. The second-order valence-corrected chi connectivity index (χ2v) is 2.55. The number of halogens is 1. The zero-order valence-electron chi connectivity index (χ0n) is 8.29. The maximum atomic E-state index is 12.0. The van der Waals surface area contributed by atoms with Gasteiger partial charge in [-0.2, -0.15) is 0 Å². The van der Waals surface area contributed by atoms with E-state index in [1.807, 2.05) is 0 Å². The van der Waals surface area contributed by atoms with Crippen LogP contribution < -0.4 is 0 Å². The highest BCUT2D eigenvalue weighted by Gasteiger charge is 2.14. The molecule has 0 bridgehead atoms. The Bertz CT molecular complexity index is 180. The maximum absolute atomic E-state index is 12.0. The summed E-state index contributed by atoms with van der Waals surface area (Å²) in [6.45, 7) is -0.858. The number of methoxy groups -OCH3 is 2. The quantitative estimate of drug-likeness (QED) is 0.555. The second-order valence-electron chi connectivity index (χ2n) is 2.55. The molecule has 0 aliphatic heterocycles. The third kappa shape index (κ3) is 5.47. The zero-order valence-corrected chi connectivity index (χ0v) is 8.29. The van der Waals surface area contributed by atoms with Crippen molar-refractivity contribution < 1.29 is 23.5 Å². The fourth-order valence-corrected chi connectivity index (χ4v) is 0.828. The summed E-state index contributed by atoms with van der Waals surface area (Å²) >= 11 is 0. The highest BCUT2D eigenvalue weighted by Crippen LogP contribution is 1.91. The maximum Gasteiger partial charge on any atom is 0.319 e. The molecule has 5 nitrogen and oxygen atoms in total. The topological polar surface area (TPSA) is 55.8 Å². The lowest BCUT2D eigenvalue weighted by Crippen LogP contribution is -2.36. The lowest BCUT2D eigenvalue weighted by molar-refractivity contribution is -0.145. The minimum atomic E-state index is -0.631. The first kappa shape index (κ1) is 12.8. The van der Waals surface area contributed by atoms with Crippen molar-refractivity contribution in [2.75, 3.05) is 40.5 Å². The average Bonchev–Trinajstić information content (AvgIpc) is 2.17. The minimum absolute atomic E-state index is 0.00417. The molecular formula is C8H14FNO4. The molecule has 0 heterocycles. The van der Waals surface area contributed by atoms with E-state index in [-0.39, 0.29) is 19.6 Å². The van der Waals surface area contributed by atoms with Gasteiger partial charge in [0.2, 0.25) is 0 Å². The third-order valence-corrected chi connectivity index (χ3v) is 1.56. The SMILES string of the molecule is COC(=O)CN(CCF)CC(=O)OC. The van der Waals surface area contributed by atoms with Crippen LogP contribution >= 0.6 is 0 Å². The molecule has 0 spiro atoms. The fraction of sp³-hybridized carbons (Fsp3) is 0.750. The van der Waals surface area contributed by atoms with Crippen LogP contribution in [0.1, 0.15) is 0 Å². The first-order chi connectivity index (χ1) is 6.63. The number of rotatable bonds is 6. The first-order valence-corrected chi connectivity index (χ1v) is 4.06. The van der Waals surface area contributed by atoms with Gasteiger partial charge in [0.25, 0.3) is 0 Å². The van der Waals surface area contributed by atoms with Gasteiger partial charge < -0.3 is 9.47 Å². The number of hydrogen-bond acceptors (Lipinski definition) is 5. The van der Waals surface area contributed by atoms with Gasteiger partial charge in [-0.25, -0.2) is 4.39 Å². The second kappa shape index (κ2) is 7.25. The molecule has 14 heavy (non-hydrogen) atoms. The van der Waals surface area contributed by atoms with Crippen molar-refractivity contribution >= 4 is 11.9 Å². The Morgan fingerprint density at radius 2 is 1.57 bits per heavy atom. The summed E-state index contributed by atoms with van der Waals surface area (Å²) in [5.74, 6) is -1.02. The van der Waals surface area contributed by atoms with Crippen molar-refractivity contribution in [3.05, 3.63) is 0 Å². The van der Waals surface area contributed by atoms with E-state index >= 15 is 0 Å². The van der Waals surface area contributed by atoms with Crippen LogP contribution in [0.2, 0.25) is 0 Å². The van der Waals surface area contributed by atoms with Gasteiger partial charge in [-0.15, -0.1) is 0 Å². The molecule has 0 aliphatic carbocycles. The molecule has 0 radical (unpaired) electrons. The molecule has 0 aromatic carbocycles. The fourth-order valence-electron chi connectivity index (χ4n) is 0.828. The number of esters is 2. The van der Waals surface area contributed by atoms with Crippen molar-refractivity contribution in [2.45, 2.75) is 0 Å². The Labute approximate surface area is 81.8 Å². The van der Waals surface area contributed by atoms with Crippen LogP contribution in [0.25, 0.3) is 0 Å². The predicted molar refractivity (Wildman–Crippen MR) is 46.4 cm³/mol.